The Morgan fingerprint density at radius 3 is 2.68 bits per heavy atom. The second kappa shape index (κ2) is 7.25. The molecule has 4 N–H and O–H groups in total. The third kappa shape index (κ3) is 4.50. The van der Waals surface area contributed by atoms with E-state index in [0.29, 0.717) is 23.5 Å². The van der Waals surface area contributed by atoms with Crippen LogP contribution in [0.25, 0.3) is 0 Å². The van der Waals surface area contributed by atoms with Gasteiger partial charge in [-0.25, -0.2) is 0 Å². The molecule has 1 rings (SSSR count). The molecule has 6 nitrogen and oxygen atoms in total. The van der Waals surface area contributed by atoms with Crippen LogP contribution in [-0.2, 0) is 4.79 Å². The molecule has 19 heavy (non-hydrogen) atoms. The highest BCUT2D eigenvalue weighted by molar-refractivity contribution is 5.95. The molecule has 0 aliphatic heterocycles. The smallest absolute Gasteiger partial charge is 0.257 e. The molecule has 2 amide bonds. The van der Waals surface area contributed by atoms with Gasteiger partial charge in [0, 0.05) is 19.2 Å². The summed E-state index contributed by atoms with van der Waals surface area (Å²) in [6.07, 6.45) is 0.870. The minimum Gasteiger partial charge on any atom is -0.482 e. The molecule has 1 aromatic rings. The normalized spacial score (nSPS) is 9.79. The van der Waals surface area contributed by atoms with Crippen LogP contribution in [0.15, 0.2) is 18.2 Å². The summed E-state index contributed by atoms with van der Waals surface area (Å²) >= 11 is 0. The lowest BCUT2D eigenvalue weighted by molar-refractivity contribution is -0.123. The highest BCUT2D eigenvalue weighted by atomic mass is 16.5. The van der Waals surface area contributed by atoms with Crippen LogP contribution in [0.1, 0.15) is 23.7 Å². The van der Waals surface area contributed by atoms with Gasteiger partial charge >= 0.3 is 0 Å². The van der Waals surface area contributed by atoms with Crippen molar-refractivity contribution >= 4 is 17.5 Å². The molecule has 0 fully saturated rings. The first-order valence-corrected chi connectivity index (χ1v) is 6.09. The number of hydrogen-bond donors (Lipinski definition) is 3. The molecule has 0 saturated carbocycles. The zero-order valence-corrected chi connectivity index (χ0v) is 11.2. The van der Waals surface area contributed by atoms with Crippen LogP contribution in [-0.4, -0.2) is 32.0 Å². The summed E-state index contributed by atoms with van der Waals surface area (Å²) in [5, 5.41) is 5.19. The Balaban J connectivity index is 2.60. The van der Waals surface area contributed by atoms with Crippen molar-refractivity contribution in [1.82, 2.24) is 10.6 Å². The van der Waals surface area contributed by atoms with Gasteiger partial charge in [0.25, 0.3) is 11.8 Å². The standard InChI is InChI=1S/C13H19N3O3/c1-3-6-16-12(17)8-19-11-5-4-9(7-10(11)14)13(18)15-2/h4-5,7H,3,6,8,14H2,1-2H3,(H,15,18)(H,16,17). The van der Waals surface area contributed by atoms with E-state index in [2.05, 4.69) is 10.6 Å². The molecule has 0 bridgehead atoms. The molecule has 0 spiro atoms. The van der Waals surface area contributed by atoms with Crippen LogP contribution < -0.4 is 21.1 Å². The number of amides is 2. The van der Waals surface area contributed by atoms with E-state index in [4.69, 9.17) is 10.5 Å². The van der Waals surface area contributed by atoms with Gasteiger partial charge in [-0.2, -0.15) is 0 Å². The Morgan fingerprint density at radius 2 is 2.11 bits per heavy atom. The number of nitrogens with one attached hydrogen (secondary N) is 2. The van der Waals surface area contributed by atoms with Crippen LogP contribution in [0.2, 0.25) is 0 Å². The van der Waals surface area contributed by atoms with Gasteiger partial charge < -0.3 is 21.1 Å². The van der Waals surface area contributed by atoms with Crippen LogP contribution in [0, 0.1) is 0 Å². The maximum atomic E-state index is 11.4. The Kier molecular flexibility index (Phi) is 5.66. The van der Waals surface area contributed by atoms with Crippen molar-refractivity contribution in [3.8, 4) is 5.75 Å². The average Bonchev–Trinajstić information content (AvgIpc) is 2.42. The van der Waals surface area contributed by atoms with E-state index in [0.717, 1.165) is 6.42 Å². The lowest BCUT2D eigenvalue weighted by atomic mass is 10.2. The van der Waals surface area contributed by atoms with Crippen molar-refractivity contribution in [2.24, 2.45) is 0 Å². The van der Waals surface area contributed by atoms with Gasteiger partial charge in [0.05, 0.1) is 5.69 Å². The summed E-state index contributed by atoms with van der Waals surface area (Å²) in [7, 11) is 1.54. The number of benzene rings is 1. The van der Waals surface area contributed by atoms with Crippen molar-refractivity contribution in [3.63, 3.8) is 0 Å². The first-order chi connectivity index (χ1) is 9.08. The molecule has 0 aliphatic rings. The predicted octanol–water partition coefficient (Wildman–Crippen LogP) is 0.533. The predicted molar refractivity (Wildman–Crippen MR) is 73.0 cm³/mol. The van der Waals surface area contributed by atoms with E-state index < -0.39 is 0 Å². The van der Waals surface area contributed by atoms with Crippen LogP contribution in [0.3, 0.4) is 0 Å². The van der Waals surface area contributed by atoms with Crippen molar-refractivity contribution < 1.29 is 14.3 Å². The minimum absolute atomic E-state index is 0.0937. The van der Waals surface area contributed by atoms with E-state index >= 15 is 0 Å². The van der Waals surface area contributed by atoms with Crippen LogP contribution in [0.5, 0.6) is 5.75 Å². The first-order valence-electron chi connectivity index (χ1n) is 6.09. The molecule has 0 aliphatic carbocycles. The van der Waals surface area contributed by atoms with E-state index in [9.17, 15) is 9.59 Å². The lowest BCUT2D eigenvalue weighted by Crippen LogP contribution is -2.29. The Morgan fingerprint density at radius 1 is 1.37 bits per heavy atom. The molecule has 0 aromatic heterocycles. The fourth-order valence-electron chi connectivity index (χ4n) is 1.42. The van der Waals surface area contributed by atoms with E-state index in [1.54, 1.807) is 19.2 Å². The summed E-state index contributed by atoms with van der Waals surface area (Å²) in [5.74, 6) is -0.0325. The lowest BCUT2D eigenvalue weighted by Gasteiger charge is -2.10. The van der Waals surface area contributed by atoms with Gasteiger partial charge in [-0.1, -0.05) is 6.92 Å². The summed E-state index contributed by atoms with van der Waals surface area (Å²) in [4.78, 5) is 22.8. The zero-order chi connectivity index (χ0) is 14.3. The van der Waals surface area contributed by atoms with E-state index in [1.807, 2.05) is 6.92 Å². The minimum atomic E-state index is -0.223. The van der Waals surface area contributed by atoms with Crippen molar-refractivity contribution in [3.05, 3.63) is 23.8 Å². The third-order valence-corrected chi connectivity index (χ3v) is 2.43. The maximum Gasteiger partial charge on any atom is 0.257 e. The van der Waals surface area contributed by atoms with E-state index in [-0.39, 0.29) is 18.4 Å². The van der Waals surface area contributed by atoms with Crippen molar-refractivity contribution in [2.75, 3.05) is 25.9 Å². The third-order valence-electron chi connectivity index (χ3n) is 2.43. The molecule has 0 unspecified atom stereocenters. The zero-order valence-electron chi connectivity index (χ0n) is 11.2. The topological polar surface area (TPSA) is 93.4 Å². The summed E-state index contributed by atoms with van der Waals surface area (Å²) in [6.45, 7) is 2.49. The van der Waals surface area contributed by atoms with Gasteiger partial charge in [-0.3, -0.25) is 9.59 Å². The van der Waals surface area contributed by atoms with Crippen molar-refractivity contribution in [2.45, 2.75) is 13.3 Å². The van der Waals surface area contributed by atoms with Gasteiger partial charge in [-0.05, 0) is 24.6 Å². The molecule has 0 radical (unpaired) electrons. The fraction of sp³-hybridized carbons (Fsp3) is 0.385. The molecular formula is C13H19N3O3. The number of ether oxygens (including phenoxy) is 1. The van der Waals surface area contributed by atoms with Crippen molar-refractivity contribution in [1.29, 1.82) is 0 Å². The summed E-state index contributed by atoms with van der Waals surface area (Å²) in [6, 6.07) is 4.68. The molecule has 104 valence electrons. The second-order valence-corrected chi connectivity index (χ2v) is 3.97. The number of nitrogens with two attached hydrogens (primary N) is 1. The number of rotatable bonds is 6. The highest BCUT2D eigenvalue weighted by Gasteiger charge is 2.08. The van der Waals surface area contributed by atoms with Gasteiger partial charge in [0.2, 0.25) is 0 Å². The largest absolute Gasteiger partial charge is 0.482 e. The van der Waals surface area contributed by atoms with Crippen LogP contribution >= 0.6 is 0 Å². The Bertz CT molecular complexity index is 460. The number of hydrogen-bond acceptors (Lipinski definition) is 4. The molecule has 0 heterocycles. The fourth-order valence-corrected chi connectivity index (χ4v) is 1.42. The molecular weight excluding hydrogens is 246 g/mol. The van der Waals surface area contributed by atoms with E-state index in [1.165, 1.54) is 6.07 Å². The highest BCUT2D eigenvalue weighted by Crippen LogP contribution is 2.22. The number of carbonyl (C=O) groups is 2. The van der Waals surface area contributed by atoms with Gasteiger partial charge in [-0.15, -0.1) is 0 Å². The Labute approximate surface area is 112 Å². The molecule has 6 heteroatoms. The number of carbonyl (C=O) groups excluding carboxylic acids is 2. The monoisotopic (exact) mass is 265 g/mol. The molecule has 1 aromatic carbocycles. The summed E-state index contributed by atoms with van der Waals surface area (Å²) in [5.41, 5.74) is 6.53. The SMILES string of the molecule is CCCNC(=O)COc1ccc(C(=O)NC)cc1N. The van der Waals surface area contributed by atoms with Crippen LogP contribution in [0.4, 0.5) is 5.69 Å². The molecule has 0 atom stereocenters. The summed E-state index contributed by atoms with van der Waals surface area (Å²) < 4.78 is 5.30. The Hall–Kier alpha value is -2.24. The van der Waals surface area contributed by atoms with Gasteiger partial charge in [0.15, 0.2) is 6.61 Å². The first kappa shape index (κ1) is 14.8. The number of anilines is 1. The average molecular weight is 265 g/mol. The maximum absolute atomic E-state index is 11.4. The van der Waals surface area contributed by atoms with Gasteiger partial charge in [0.1, 0.15) is 5.75 Å². The molecule has 0 saturated heterocycles. The number of nitrogen functional groups attached to an aromatic ring is 1. The second-order valence-electron chi connectivity index (χ2n) is 3.97. The quantitative estimate of drug-likeness (QED) is 0.654.